The van der Waals surface area contributed by atoms with E-state index in [1.165, 1.54) is 12.1 Å². The van der Waals surface area contributed by atoms with Crippen molar-refractivity contribution in [1.29, 1.82) is 0 Å². The van der Waals surface area contributed by atoms with Gasteiger partial charge in [-0.25, -0.2) is 0 Å². The molecule has 0 fully saturated rings. The van der Waals surface area contributed by atoms with Crippen LogP contribution in [0.15, 0.2) is 18.2 Å². The molecule has 2 rings (SSSR count). The van der Waals surface area contributed by atoms with Crippen molar-refractivity contribution in [1.82, 2.24) is 20.6 Å². The molecule has 1 aromatic heterocycles. The maximum atomic E-state index is 11.0. The third-order valence-corrected chi connectivity index (χ3v) is 2.61. The van der Waals surface area contributed by atoms with Gasteiger partial charge in [0, 0.05) is 17.8 Å². The number of anilines is 1. The number of hydrogen-bond acceptors (Lipinski definition) is 7. The SMILES string of the molecule is CC(C)Oc1cc(NC(C)c2nn[nH]n2)cc([N+](=O)[O-])c1. The number of non-ortho nitro benzene ring substituents is 1. The maximum Gasteiger partial charge on any atom is 0.275 e. The second-order valence-corrected chi connectivity index (χ2v) is 4.78. The van der Waals surface area contributed by atoms with Crippen LogP contribution in [0.5, 0.6) is 5.75 Å². The Hall–Kier alpha value is -2.71. The van der Waals surface area contributed by atoms with Crippen LogP contribution < -0.4 is 10.1 Å². The fourth-order valence-corrected chi connectivity index (χ4v) is 1.78. The normalized spacial score (nSPS) is 12.2. The molecule has 0 radical (unpaired) electrons. The fourth-order valence-electron chi connectivity index (χ4n) is 1.78. The number of tetrazole rings is 1. The van der Waals surface area contributed by atoms with Crippen molar-refractivity contribution in [3.63, 3.8) is 0 Å². The fraction of sp³-hybridized carbons (Fsp3) is 0.417. The van der Waals surface area contributed by atoms with Crippen LogP contribution in [0.4, 0.5) is 11.4 Å². The number of hydrogen-bond donors (Lipinski definition) is 2. The van der Waals surface area contributed by atoms with Gasteiger partial charge in [0.1, 0.15) is 5.75 Å². The van der Waals surface area contributed by atoms with E-state index in [9.17, 15) is 10.1 Å². The summed E-state index contributed by atoms with van der Waals surface area (Å²) in [6.45, 7) is 5.54. The lowest BCUT2D eigenvalue weighted by Gasteiger charge is -2.14. The van der Waals surface area contributed by atoms with Crippen LogP contribution in [-0.4, -0.2) is 31.7 Å². The van der Waals surface area contributed by atoms with Crippen molar-refractivity contribution in [3.8, 4) is 5.75 Å². The molecule has 2 N–H and O–H groups in total. The smallest absolute Gasteiger partial charge is 0.275 e. The molecule has 0 saturated carbocycles. The largest absolute Gasteiger partial charge is 0.491 e. The van der Waals surface area contributed by atoms with E-state index in [1.54, 1.807) is 6.07 Å². The molecule has 0 spiro atoms. The molecule has 0 bridgehead atoms. The summed E-state index contributed by atoms with van der Waals surface area (Å²) >= 11 is 0. The zero-order valence-electron chi connectivity index (χ0n) is 11.9. The minimum absolute atomic E-state index is 0.0454. The van der Waals surface area contributed by atoms with Crippen molar-refractivity contribution in [3.05, 3.63) is 34.1 Å². The second kappa shape index (κ2) is 6.16. The van der Waals surface area contributed by atoms with Gasteiger partial charge in [-0.15, -0.1) is 10.2 Å². The van der Waals surface area contributed by atoms with E-state index in [4.69, 9.17) is 4.74 Å². The molecular weight excluding hydrogens is 276 g/mol. The number of H-pyrrole nitrogens is 1. The molecule has 1 heterocycles. The summed E-state index contributed by atoms with van der Waals surface area (Å²) in [6.07, 6.45) is -0.0746. The van der Waals surface area contributed by atoms with Crippen molar-refractivity contribution in [2.24, 2.45) is 0 Å². The number of nitrogens with zero attached hydrogens (tertiary/aromatic N) is 4. The first-order chi connectivity index (χ1) is 9.95. The Morgan fingerprint density at radius 3 is 2.67 bits per heavy atom. The van der Waals surface area contributed by atoms with Gasteiger partial charge in [0.15, 0.2) is 5.82 Å². The first kappa shape index (κ1) is 14.7. The Labute approximate surface area is 120 Å². The van der Waals surface area contributed by atoms with E-state index in [0.29, 0.717) is 17.3 Å². The summed E-state index contributed by atoms with van der Waals surface area (Å²) in [5.41, 5.74) is 0.508. The molecule has 0 aliphatic carbocycles. The highest BCUT2D eigenvalue weighted by atomic mass is 16.6. The molecule has 1 aromatic carbocycles. The number of ether oxygens (including phenoxy) is 1. The number of nitrogens with one attached hydrogen (secondary N) is 2. The number of aromatic nitrogens is 4. The molecule has 0 aliphatic heterocycles. The van der Waals surface area contributed by atoms with Gasteiger partial charge in [-0.2, -0.15) is 5.21 Å². The molecule has 1 atom stereocenters. The number of nitro benzene ring substituents is 1. The third kappa shape index (κ3) is 3.88. The van der Waals surface area contributed by atoms with Gasteiger partial charge >= 0.3 is 0 Å². The van der Waals surface area contributed by atoms with E-state index < -0.39 is 4.92 Å². The Balaban J connectivity index is 2.25. The number of nitro groups is 1. The molecule has 0 amide bonds. The van der Waals surface area contributed by atoms with Gasteiger partial charge in [-0.05, 0) is 20.8 Å². The van der Waals surface area contributed by atoms with E-state index in [-0.39, 0.29) is 17.8 Å². The molecule has 9 heteroatoms. The number of rotatable bonds is 6. The average molecular weight is 292 g/mol. The van der Waals surface area contributed by atoms with Crippen LogP contribution >= 0.6 is 0 Å². The zero-order valence-corrected chi connectivity index (χ0v) is 11.9. The highest BCUT2D eigenvalue weighted by molar-refractivity contribution is 5.57. The quantitative estimate of drug-likeness (QED) is 0.617. The van der Waals surface area contributed by atoms with Crippen molar-refractivity contribution < 1.29 is 9.66 Å². The third-order valence-electron chi connectivity index (χ3n) is 2.61. The molecular formula is C12H16N6O3. The number of benzene rings is 1. The van der Waals surface area contributed by atoms with Crippen LogP contribution in [0.3, 0.4) is 0 Å². The van der Waals surface area contributed by atoms with E-state index in [0.717, 1.165) is 0 Å². The van der Waals surface area contributed by atoms with Gasteiger partial charge in [0.2, 0.25) is 0 Å². The van der Waals surface area contributed by atoms with Gasteiger partial charge in [-0.1, -0.05) is 5.21 Å². The second-order valence-electron chi connectivity index (χ2n) is 4.78. The first-order valence-corrected chi connectivity index (χ1v) is 6.41. The molecule has 9 nitrogen and oxygen atoms in total. The molecule has 1 unspecified atom stereocenters. The van der Waals surface area contributed by atoms with Gasteiger partial charge in [-0.3, -0.25) is 10.1 Å². The van der Waals surface area contributed by atoms with Crippen molar-refractivity contribution in [2.45, 2.75) is 32.9 Å². The lowest BCUT2D eigenvalue weighted by Crippen LogP contribution is -2.10. The minimum atomic E-state index is -0.461. The summed E-state index contributed by atoms with van der Waals surface area (Å²) < 4.78 is 5.52. The Morgan fingerprint density at radius 1 is 1.33 bits per heavy atom. The highest BCUT2D eigenvalue weighted by Gasteiger charge is 2.15. The van der Waals surface area contributed by atoms with Crippen LogP contribution in [0.1, 0.15) is 32.6 Å². The highest BCUT2D eigenvalue weighted by Crippen LogP contribution is 2.28. The van der Waals surface area contributed by atoms with Crippen LogP contribution in [0.2, 0.25) is 0 Å². The van der Waals surface area contributed by atoms with Crippen LogP contribution in [-0.2, 0) is 0 Å². The lowest BCUT2D eigenvalue weighted by molar-refractivity contribution is -0.384. The lowest BCUT2D eigenvalue weighted by atomic mass is 10.2. The van der Waals surface area contributed by atoms with Gasteiger partial charge in [0.05, 0.1) is 23.1 Å². The topological polar surface area (TPSA) is 119 Å². The van der Waals surface area contributed by atoms with E-state index in [1.807, 2.05) is 20.8 Å². The monoisotopic (exact) mass is 292 g/mol. The van der Waals surface area contributed by atoms with Gasteiger partial charge in [0.25, 0.3) is 5.69 Å². The minimum Gasteiger partial charge on any atom is -0.491 e. The van der Waals surface area contributed by atoms with Crippen molar-refractivity contribution in [2.75, 3.05) is 5.32 Å². The number of aromatic amines is 1. The zero-order chi connectivity index (χ0) is 15.4. The predicted molar refractivity (Wildman–Crippen MR) is 75.1 cm³/mol. The summed E-state index contributed by atoms with van der Waals surface area (Å²) in [5, 5.41) is 27.6. The van der Waals surface area contributed by atoms with Crippen molar-refractivity contribution >= 4 is 11.4 Å². The Bertz CT molecular complexity index is 613. The molecule has 112 valence electrons. The summed E-state index contributed by atoms with van der Waals surface area (Å²) in [6, 6.07) is 4.27. The summed E-state index contributed by atoms with van der Waals surface area (Å²) in [4.78, 5) is 10.5. The summed E-state index contributed by atoms with van der Waals surface area (Å²) in [5.74, 6) is 0.898. The first-order valence-electron chi connectivity index (χ1n) is 6.41. The van der Waals surface area contributed by atoms with Gasteiger partial charge < -0.3 is 10.1 Å². The predicted octanol–water partition coefficient (Wildman–Crippen LogP) is 2.07. The molecule has 0 saturated heterocycles. The Kier molecular flexibility index (Phi) is 4.31. The average Bonchev–Trinajstić information content (AvgIpc) is 2.91. The van der Waals surface area contributed by atoms with E-state index >= 15 is 0 Å². The summed E-state index contributed by atoms with van der Waals surface area (Å²) in [7, 11) is 0. The Morgan fingerprint density at radius 2 is 2.10 bits per heavy atom. The van der Waals surface area contributed by atoms with Crippen LogP contribution in [0.25, 0.3) is 0 Å². The molecule has 2 aromatic rings. The van der Waals surface area contributed by atoms with Crippen LogP contribution in [0, 0.1) is 10.1 Å². The van der Waals surface area contributed by atoms with E-state index in [2.05, 4.69) is 25.9 Å². The molecule has 21 heavy (non-hydrogen) atoms. The molecule has 0 aliphatic rings. The standard InChI is InChI=1S/C12H16N6O3/c1-7(2)21-11-5-9(4-10(6-11)18(19)20)13-8(3)12-14-16-17-15-12/h4-8,13H,1-3H3,(H,14,15,16,17). The maximum absolute atomic E-state index is 11.0.